The highest BCUT2D eigenvalue weighted by molar-refractivity contribution is 5.87. The summed E-state index contributed by atoms with van der Waals surface area (Å²) in [6, 6.07) is -1.19. The number of carbonyl (C=O) groups is 2. The van der Waals surface area contributed by atoms with Crippen molar-refractivity contribution in [1.82, 2.24) is 10.6 Å². The SMILES string of the molecule is CN[C@H](C(=O)N[C@H](C(=O)O)C(C)C)C(C)C. The fraction of sp³-hybridized carbons (Fsp3) is 0.818. The van der Waals surface area contributed by atoms with Crippen LogP contribution in [0.1, 0.15) is 27.7 Å². The van der Waals surface area contributed by atoms with Crippen molar-refractivity contribution in [2.24, 2.45) is 11.8 Å². The normalized spacial score (nSPS) is 14.9. The first-order valence-electron chi connectivity index (χ1n) is 5.51. The van der Waals surface area contributed by atoms with Gasteiger partial charge in [-0.25, -0.2) is 4.79 Å². The molecule has 16 heavy (non-hydrogen) atoms. The van der Waals surface area contributed by atoms with Gasteiger partial charge >= 0.3 is 5.97 Å². The van der Waals surface area contributed by atoms with Gasteiger partial charge in [-0.3, -0.25) is 4.79 Å². The monoisotopic (exact) mass is 230 g/mol. The number of rotatable bonds is 6. The van der Waals surface area contributed by atoms with Gasteiger partial charge in [0.1, 0.15) is 6.04 Å². The average Bonchev–Trinajstić information content (AvgIpc) is 2.13. The van der Waals surface area contributed by atoms with E-state index in [2.05, 4.69) is 10.6 Å². The zero-order valence-electron chi connectivity index (χ0n) is 10.6. The molecule has 0 aliphatic heterocycles. The van der Waals surface area contributed by atoms with Gasteiger partial charge in [0.05, 0.1) is 6.04 Å². The Hall–Kier alpha value is -1.10. The zero-order chi connectivity index (χ0) is 12.9. The number of hydrogen-bond donors (Lipinski definition) is 3. The predicted octanol–water partition coefficient (Wildman–Crippen LogP) is 0.456. The fourth-order valence-electron chi connectivity index (χ4n) is 1.52. The first-order chi connectivity index (χ1) is 7.31. The van der Waals surface area contributed by atoms with Crippen LogP contribution < -0.4 is 10.6 Å². The van der Waals surface area contributed by atoms with Crippen molar-refractivity contribution in [2.45, 2.75) is 39.8 Å². The molecule has 2 atom stereocenters. The number of carbonyl (C=O) groups excluding carboxylic acids is 1. The van der Waals surface area contributed by atoms with Crippen LogP contribution in [0.3, 0.4) is 0 Å². The largest absolute Gasteiger partial charge is 0.480 e. The summed E-state index contributed by atoms with van der Waals surface area (Å²) in [6.07, 6.45) is 0. The van der Waals surface area contributed by atoms with Crippen LogP contribution >= 0.6 is 0 Å². The van der Waals surface area contributed by atoms with Crippen molar-refractivity contribution in [3.05, 3.63) is 0 Å². The maximum atomic E-state index is 11.8. The fourth-order valence-corrected chi connectivity index (χ4v) is 1.52. The minimum atomic E-state index is -0.998. The predicted molar refractivity (Wildman–Crippen MR) is 62.1 cm³/mol. The van der Waals surface area contributed by atoms with Crippen molar-refractivity contribution in [3.8, 4) is 0 Å². The molecular weight excluding hydrogens is 208 g/mol. The van der Waals surface area contributed by atoms with Crippen LogP contribution in [0.2, 0.25) is 0 Å². The van der Waals surface area contributed by atoms with E-state index in [1.165, 1.54) is 0 Å². The first kappa shape index (κ1) is 14.9. The Morgan fingerprint density at radius 1 is 1.00 bits per heavy atom. The summed E-state index contributed by atoms with van der Waals surface area (Å²) in [5.74, 6) is -1.28. The Kier molecular flexibility index (Phi) is 6.03. The van der Waals surface area contributed by atoms with Crippen LogP contribution in [0.5, 0.6) is 0 Å². The minimum Gasteiger partial charge on any atom is -0.480 e. The quantitative estimate of drug-likeness (QED) is 0.619. The number of likely N-dealkylation sites (N-methyl/N-ethyl adjacent to an activating group) is 1. The highest BCUT2D eigenvalue weighted by Gasteiger charge is 2.27. The molecule has 5 heteroatoms. The molecule has 0 heterocycles. The topological polar surface area (TPSA) is 78.4 Å². The standard InChI is InChI=1S/C11H22N2O3/c1-6(2)8(12-5)10(14)13-9(7(3)4)11(15)16/h6-9,12H,1-5H3,(H,13,14)(H,15,16)/t8-,9-/m0/s1. The van der Waals surface area contributed by atoms with Crippen molar-refractivity contribution >= 4 is 11.9 Å². The molecule has 0 aromatic heterocycles. The third-order valence-corrected chi connectivity index (χ3v) is 2.49. The van der Waals surface area contributed by atoms with E-state index in [-0.39, 0.29) is 23.8 Å². The lowest BCUT2D eigenvalue weighted by Gasteiger charge is -2.24. The highest BCUT2D eigenvalue weighted by Crippen LogP contribution is 2.05. The molecule has 0 fully saturated rings. The highest BCUT2D eigenvalue weighted by atomic mass is 16.4. The summed E-state index contributed by atoms with van der Waals surface area (Å²) in [6.45, 7) is 7.35. The van der Waals surface area contributed by atoms with Crippen LogP contribution in [0.25, 0.3) is 0 Å². The van der Waals surface area contributed by atoms with Gasteiger partial charge in [0.2, 0.25) is 5.91 Å². The van der Waals surface area contributed by atoms with Gasteiger partial charge in [0, 0.05) is 0 Å². The van der Waals surface area contributed by atoms with Gasteiger partial charge in [-0.2, -0.15) is 0 Å². The Labute approximate surface area is 96.6 Å². The van der Waals surface area contributed by atoms with Crippen LogP contribution in [-0.4, -0.2) is 36.1 Å². The number of nitrogens with one attached hydrogen (secondary N) is 2. The molecule has 3 N–H and O–H groups in total. The number of carboxylic acids is 1. The Morgan fingerprint density at radius 2 is 1.44 bits per heavy atom. The second-order valence-electron chi connectivity index (χ2n) is 4.58. The lowest BCUT2D eigenvalue weighted by molar-refractivity contribution is -0.143. The van der Waals surface area contributed by atoms with Crippen LogP contribution in [0.4, 0.5) is 0 Å². The molecule has 0 aromatic rings. The molecule has 94 valence electrons. The second-order valence-corrected chi connectivity index (χ2v) is 4.58. The smallest absolute Gasteiger partial charge is 0.326 e. The van der Waals surface area contributed by atoms with Crippen molar-refractivity contribution in [2.75, 3.05) is 7.05 Å². The van der Waals surface area contributed by atoms with Gasteiger partial charge in [0.15, 0.2) is 0 Å². The average molecular weight is 230 g/mol. The number of aliphatic carboxylic acids is 1. The molecule has 0 radical (unpaired) electrons. The van der Waals surface area contributed by atoms with Gasteiger partial charge in [-0.15, -0.1) is 0 Å². The summed E-state index contributed by atoms with van der Waals surface area (Å²) in [5.41, 5.74) is 0. The summed E-state index contributed by atoms with van der Waals surface area (Å²) < 4.78 is 0. The molecule has 0 aliphatic carbocycles. The van der Waals surface area contributed by atoms with Crippen molar-refractivity contribution in [1.29, 1.82) is 0 Å². The first-order valence-corrected chi connectivity index (χ1v) is 5.51. The van der Waals surface area contributed by atoms with E-state index in [0.717, 1.165) is 0 Å². The molecule has 5 nitrogen and oxygen atoms in total. The van der Waals surface area contributed by atoms with Gasteiger partial charge in [-0.05, 0) is 18.9 Å². The van der Waals surface area contributed by atoms with Crippen molar-refractivity contribution < 1.29 is 14.7 Å². The minimum absolute atomic E-state index is 0.117. The van der Waals surface area contributed by atoms with Gasteiger partial charge in [0.25, 0.3) is 0 Å². The van der Waals surface area contributed by atoms with E-state index in [1.807, 2.05) is 13.8 Å². The molecule has 0 saturated carbocycles. The van der Waals surface area contributed by atoms with Gasteiger partial charge in [-0.1, -0.05) is 27.7 Å². The van der Waals surface area contributed by atoms with E-state index in [1.54, 1.807) is 20.9 Å². The van der Waals surface area contributed by atoms with Crippen LogP contribution in [-0.2, 0) is 9.59 Å². The number of amides is 1. The zero-order valence-corrected chi connectivity index (χ0v) is 10.6. The van der Waals surface area contributed by atoms with E-state index in [9.17, 15) is 9.59 Å². The molecule has 0 unspecified atom stereocenters. The van der Waals surface area contributed by atoms with Crippen LogP contribution in [0.15, 0.2) is 0 Å². The molecular formula is C11H22N2O3. The molecule has 0 saturated heterocycles. The molecule has 0 aliphatic rings. The van der Waals surface area contributed by atoms with E-state index in [4.69, 9.17) is 5.11 Å². The van der Waals surface area contributed by atoms with E-state index >= 15 is 0 Å². The lowest BCUT2D eigenvalue weighted by atomic mass is 10.0. The third-order valence-electron chi connectivity index (χ3n) is 2.49. The van der Waals surface area contributed by atoms with E-state index in [0.29, 0.717) is 0 Å². The number of hydrogen-bond acceptors (Lipinski definition) is 3. The molecule has 1 amide bonds. The Bertz CT molecular complexity index is 252. The molecule has 0 rings (SSSR count). The summed E-state index contributed by atoms with van der Waals surface area (Å²) in [7, 11) is 1.69. The van der Waals surface area contributed by atoms with E-state index < -0.39 is 12.0 Å². The van der Waals surface area contributed by atoms with Crippen molar-refractivity contribution in [3.63, 3.8) is 0 Å². The lowest BCUT2D eigenvalue weighted by Crippen LogP contribution is -2.53. The maximum Gasteiger partial charge on any atom is 0.326 e. The molecule has 0 bridgehead atoms. The summed E-state index contributed by atoms with van der Waals surface area (Å²) in [5, 5.41) is 14.4. The second kappa shape index (κ2) is 6.48. The Balaban J connectivity index is 4.56. The van der Waals surface area contributed by atoms with Gasteiger partial charge < -0.3 is 15.7 Å². The third kappa shape index (κ3) is 4.18. The summed E-state index contributed by atoms with van der Waals surface area (Å²) >= 11 is 0. The molecule has 0 spiro atoms. The molecule has 0 aromatic carbocycles. The number of carboxylic acid groups (broad SMARTS) is 1. The maximum absolute atomic E-state index is 11.8. The van der Waals surface area contributed by atoms with Crippen LogP contribution in [0, 0.1) is 11.8 Å². The summed E-state index contributed by atoms with van der Waals surface area (Å²) in [4.78, 5) is 22.7. The Morgan fingerprint density at radius 3 is 1.69 bits per heavy atom.